The van der Waals surface area contributed by atoms with Gasteiger partial charge in [0.25, 0.3) is 0 Å². The second-order valence-corrected chi connectivity index (χ2v) is 4.49. The van der Waals surface area contributed by atoms with E-state index in [9.17, 15) is 0 Å². The van der Waals surface area contributed by atoms with Gasteiger partial charge in [-0.05, 0) is 6.92 Å². The average molecular weight is 215 g/mol. The van der Waals surface area contributed by atoms with Crippen LogP contribution in [0, 0.1) is 22.7 Å². The SMILES string of the molecule is CC(=N)SCC#CCCSC(=N)N. The quantitative estimate of drug-likeness (QED) is 0.290. The molecule has 0 fully saturated rings. The van der Waals surface area contributed by atoms with Crippen molar-refractivity contribution in [3.05, 3.63) is 0 Å². The predicted octanol–water partition coefficient (Wildman–Crippen LogP) is 1.74. The van der Waals surface area contributed by atoms with E-state index in [1.54, 1.807) is 6.92 Å². The molecule has 0 rings (SSSR count). The Morgan fingerprint density at radius 2 is 2.00 bits per heavy atom. The lowest BCUT2D eigenvalue weighted by Gasteiger charge is -1.91. The lowest BCUT2D eigenvalue weighted by Crippen LogP contribution is -2.03. The molecule has 0 aromatic rings. The van der Waals surface area contributed by atoms with E-state index in [0.29, 0.717) is 10.8 Å². The Labute approximate surface area is 87.2 Å². The molecule has 0 aromatic carbocycles. The molecule has 0 aliphatic heterocycles. The van der Waals surface area contributed by atoms with Crippen LogP contribution in [0.4, 0.5) is 0 Å². The maximum absolute atomic E-state index is 7.11. The number of hydrogen-bond acceptors (Lipinski definition) is 4. The molecule has 0 bridgehead atoms. The maximum atomic E-state index is 7.11. The van der Waals surface area contributed by atoms with Crippen molar-refractivity contribution in [2.24, 2.45) is 5.73 Å². The monoisotopic (exact) mass is 215 g/mol. The Morgan fingerprint density at radius 1 is 1.31 bits per heavy atom. The zero-order valence-electron chi connectivity index (χ0n) is 7.52. The zero-order chi connectivity index (χ0) is 10.1. The highest BCUT2D eigenvalue weighted by atomic mass is 32.2. The van der Waals surface area contributed by atoms with Gasteiger partial charge in [-0.15, -0.1) is 5.92 Å². The third-order valence-electron chi connectivity index (χ3n) is 0.970. The molecule has 4 N–H and O–H groups in total. The number of hydrogen-bond donors (Lipinski definition) is 3. The first-order chi connectivity index (χ1) is 6.13. The molecule has 3 nitrogen and oxygen atoms in total. The predicted molar refractivity (Wildman–Crippen MR) is 62.6 cm³/mol. The molecule has 0 atom stereocenters. The molecule has 72 valence electrons. The standard InChI is InChI=1S/C8H13N3S2/c1-7(9)12-5-3-2-4-6-13-8(10)11/h9H,4-6H2,1H3,(H3,10,11). The molecule has 0 unspecified atom stereocenters. The highest BCUT2D eigenvalue weighted by Crippen LogP contribution is 2.00. The highest BCUT2D eigenvalue weighted by Gasteiger charge is 1.87. The van der Waals surface area contributed by atoms with Gasteiger partial charge in [0.1, 0.15) is 0 Å². The van der Waals surface area contributed by atoms with Crippen molar-refractivity contribution in [2.45, 2.75) is 13.3 Å². The minimum absolute atomic E-state index is 0.145. The van der Waals surface area contributed by atoms with Crippen LogP contribution in [0.2, 0.25) is 0 Å². The molecule has 13 heavy (non-hydrogen) atoms. The Balaban J connectivity index is 3.30. The minimum atomic E-state index is 0.145. The van der Waals surface area contributed by atoms with Crippen molar-refractivity contribution in [3.63, 3.8) is 0 Å². The first-order valence-corrected chi connectivity index (χ1v) is 5.70. The van der Waals surface area contributed by atoms with E-state index in [4.69, 9.17) is 16.6 Å². The summed E-state index contributed by atoms with van der Waals surface area (Å²) in [6.07, 6.45) is 0.752. The molecule has 5 heteroatoms. The topological polar surface area (TPSA) is 73.7 Å². The van der Waals surface area contributed by atoms with E-state index in [0.717, 1.165) is 12.2 Å². The first-order valence-electron chi connectivity index (χ1n) is 3.73. The Morgan fingerprint density at radius 3 is 2.54 bits per heavy atom. The van der Waals surface area contributed by atoms with E-state index >= 15 is 0 Å². The number of nitrogens with two attached hydrogens (primary N) is 1. The fourth-order valence-electron chi connectivity index (χ4n) is 0.496. The van der Waals surface area contributed by atoms with Crippen LogP contribution in [0.3, 0.4) is 0 Å². The average Bonchev–Trinajstić information content (AvgIpc) is 2.01. The van der Waals surface area contributed by atoms with Crippen LogP contribution < -0.4 is 5.73 Å². The Kier molecular flexibility index (Phi) is 7.65. The van der Waals surface area contributed by atoms with Crippen molar-refractivity contribution in [2.75, 3.05) is 11.5 Å². The smallest absolute Gasteiger partial charge is 0.151 e. The van der Waals surface area contributed by atoms with Crippen LogP contribution in [-0.4, -0.2) is 21.7 Å². The summed E-state index contributed by atoms with van der Waals surface area (Å²) < 4.78 is 0. The van der Waals surface area contributed by atoms with Gasteiger partial charge in [0, 0.05) is 12.2 Å². The third-order valence-corrected chi connectivity index (χ3v) is 2.41. The Hall–Kier alpha value is -0.600. The molecule has 0 aliphatic rings. The summed E-state index contributed by atoms with van der Waals surface area (Å²) in [5.74, 6) is 7.35. The van der Waals surface area contributed by atoms with Gasteiger partial charge in [-0.1, -0.05) is 29.4 Å². The van der Waals surface area contributed by atoms with Crippen molar-refractivity contribution >= 4 is 33.7 Å². The molecular weight excluding hydrogens is 202 g/mol. The summed E-state index contributed by atoms with van der Waals surface area (Å²) >= 11 is 2.74. The zero-order valence-corrected chi connectivity index (χ0v) is 9.15. The molecule has 0 amide bonds. The summed E-state index contributed by atoms with van der Waals surface area (Å²) in [5.41, 5.74) is 5.14. The van der Waals surface area contributed by atoms with Crippen LogP contribution in [0.15, 0.2) is 0 Å². The molecule has 0 aromatic heterocycles. The van der Waals surface area contributed by atoms with Crippen LogP contribution in [-0.2, 0) is 0 Å². The number of thioether (sulfide) groups is 2. The van der Waals surface area contributed by atoms with E-state index in [1.165, 1.54) is 23.5 Å². The van der Waals surface area contributed by atoms with Crippen LogP contribution >= 0.6 is 23.5 Å². The highest BCUT2D eigenvalue weighted by molar-refractivity contribution is 8.14. The lowest BCUT2D eigenvalue weighted by atomic mass is 10.5. The molecule has 0 aliphatic carbocycles. The normalized spacial score (nSPS) is 8.69. The second kappa shape index (κ2) is 8.02. The molecule has 0 spiro atoms. The minimum Gasteiger partial charge on any atom is -0.379 e. The van der Waals surface area contributed by atoms with Gasteiger partial charge in [0.2, 0.25) is 0 Å². The maximum Gasteiger partial charge on any atom is 0.151 e. The van der Waals surface area contributed by atoms with Gasteiger partial charge >= 0.3 is 0 Å². The molecule has 0 heterocycles. The van der Waals surface area contributed by atoms with Crippen molar-refractivity contribution in [3.8, 4) is 11.8 Å². The van der Waals surface area contributed by atoms with Crippen LogP contribution in [0.1, 0.15) is 13.3 Å². The first kappa shape index (κ1) is 12.4. The number of rotatable bonds is 3. The molecular formula is C8H13N3S2. The number of nitrogens with one attached hydrogen (secondary N) is 2. The van der Waals surface area contributed by atoms with Gasteiger partial charge < -0.3 is 5.73 Å². The summed E-state index contributed by atoms with van der Waals surface area (Å²) in [6, 6.07) is 0. The van der Waals surface area contributed by atoms with Crippen molar-refractivity contribution in [1.82, 2.24) is 0 Å². The third kappa shape index (κ3) is 11.4. The van der Waals surface area contributed by atoms with Crippen molar-refractivity contribution < 1.29 is 0 Å². The van der Waals surface area contributed by atoms with Crippen LogP contribution in [0.25, 0.3) is 0 Å². The summed E-state index contributed by atoms with van der Waals surface area (Å²) in [6.45, 7) is 1.75. The van der Waals surface area contributed by atoms with Gasteiger partial charge in [-0.3, -0.25) is 10.8 Å². The number of amidine groups is 1. The van der Waals surface area contributed by atoms with Gasteiger partial charge in [-0.2, -0.15) is 0 Å². The second-order valence-electron chi connectivity index (χ2n) is 2.16. The molecule has 0 saturated heterocycles. The summed E-state index contributed by atoms with van der Waals surface area (Å²) in [4.78, 5) is 0. The van der Waals surface area contributed by atoms with E-state index < -0.39 is 0 Å². The summed E-state index contributed by atoms with van der Waals surface area (Å²) in [5, 5.41) is 14.8. The van der Waals surface area contributed by atoms with Gasteiger partial charge in [0.15, 0.2) is 5.17 Å². The van der Waals surface area contributed by atoms with Gasteiger partial charge in [0.05, 0.1) is 10.8 Å². The van der Waals surface area contributed by atoms with Gasteiger partial charge in [-0.25, -0.2) is 0 Å². The fourth-order valence-corrected chi connectivity index (χ4v) is 1.31. The van der Waals surface area contributed by atoms with E-state index in [-0.39, 0.29) is 5.17 Å². The van der Waals surface area contributed by atoms with Crippen molar-refractivity contribution in [1.29, 1.82) is 10.8 Å². The van der Waals surface area contributed by atoms with E-state index in [1.807, 2.05) is 0 Å². The summed E-state index contributed by atoms with van der Waals surface area (Å²) in [7, 11) is 0. The molecule has 0 saturated carbocycles. The van der Waals surface area contributed by atoms with Crippen LogP contribution in [0.5, 0.6) is 0 Å². The Bertz CT molecular complexity index is 240. The lowest BCUT2D eigenvalue weighted by molar-refractivity contribution is 1.30. The molecule has 0 radical (unpaired) electrons. The fraction of sp³-hybridized carbons (Fsp3) is 0.500. The largest absolute Gasteiger partial charge is 0.379 e. The van der Waals surface area contributed by atoms with E-state index in [2.05, 4.69) is 11.8 Å².